The molecule has 4 heteroatoms. The van der Waals surface area contributed by atoms with Gasteiger partial charge in [0.15, 0.2) is 5.78 Å². The van der Waals surface area contributed by atoms with E-state index in [1.165, 1.54) is 0 Å². The molecule has 1 rings (SSSR count). The molecule has 1 aliphatic rings. The summed E-state index contributed by atoms with van der Waals surface area (Å²) in [6.45, 7) is 5.55. The van der Waals surface area contributed by atoms with Crippen LogP contribution in [0.4, 0.5) is 0 Å². The second-order valence-electron chi connectivity index (χ2n) is 4.85. The summed E-state index contributed by atoms with van der Waals surface area (Å²) in [7, 11) is 1.87. The van der Waals surface area contributed by atoms with Gasteiger partial charge in [-0.25, -0.2) is 0 Å². The normalized spacial score (nSPS) is 22.3. The molecule has 0 saturated carbocycles. The first-order chi connectivity index (χ1) is 6.97. The van der Waals surface area contributed by atoms with E-state index in [9.17, 15) is 4.79 Å². The van der Waals surface area contributed by atoms with Crippen LogP contribution in [0, 0.1) is 5.92 Å². The summed E-state index contributed by atoms with van der Waals surface area (Å²) in [6, 6.07) is 0. The molecule has 0 amide bonds. The molecular formula is C11H21NO3. The highest BCUT2D eigenvalue weighted by molar-refractivity contribution is 5.83. The third-order valence-electron chi connectivity index (χ3n) is 3.20. The van der Waals surface area contributed by atoms with Crippen molar-refractivity contribution < 1.29 is 14.6 Å². The van der Waals surface area contributed by atoms with Gasteiger partial charge >= 0.3 is 0 Å². The third kappa shape index (κ3) is 3.26. The molecule has 1 N–H and O–H groups in total. The maximum atomic E-state index is 11.8. The molecule has 0 aliphatic carbocycles. The average molecular weight is 215 g/mol. The number of ketones is 1. The molecular weight excluding hydrogens is 194 g/mol. The number of carbonyl (C=O) groups is 1. The third-order valence-corrected chi connectivity index (χ3v) is 3.20. The number of nitrogens with zero attached hydrogens (tertiary/aromatic N) is 1. The summed E-state index contributed by atoms with van der Waals surface area (Å²) in [5.41, 5.74) is -0.338. The Morgan fingerprint density at radius 3 is 2.73 bits per heavy atom. The van der Waals surface area contributed by atoms with Gasteiger partial charge in [-0.05, 0) is 27.3 Å². The van der Waals surface area contributed by atoms with Crippen LogP contribution < -0.4 is 0 Å². The summed E-state index contributed by atoms with van der Waals surface area (Å²) in [5.74, 6) is 0.276. The van der Waals surface area contributed by atoms with Crippen LogP contribution in [0.3, 0.4) is 0 Å². The lowest BCUT2D eigenvalue weighted by molar-refractivity contribution is -0.125. The van der Waals surface area contributed by atoms with Gasteiger partial charge in [0.25, 0.3) is 0 Å². The Balaban J connectivity index is 2.43. The summed E-state index contributed by atoms with van der Waals surface area (Å²) in [5, 5.41) is 9.17. The van der Waals surface area contributed by atoms with Crippen LogP contribution in [0.1, 0.15) is 20.3 Å². The van der Waals surface area contributed by atoms with E-state index in [1.807, 2.05) is 25.8 Å². The van der Waals surface area contributed by atoms with Crippen LogP contribution in [0.15, 0.2) is 0 Å². The number of aliphatic hydroxyl groups excluding tert-OH is 1. The lowest BCUT2D eigenvalue weighted by atomic mass is 10.00. The fourth-order valence-corrected chi connectivity index (χ4v) is 1.49. The van der Waals surface area contributed by atoms with Crippen molar-refractivity contribution >= 4 is 5.78 Å². The predicted molar refractivity (Wildman–Crippen MR) is 57.7 cm³/mol. The van der Waals surface area contributed by atoms with Crippen molar-refractivity contribution in [3.05, 3.63) is 0 Å². The number of Topliss-reactive ketones (excluding diaryl/α,β-unsaturated/α-hetero) is 1. The van der Waals surface area contributed by atoms with Crippen molar-refractivity contribution in [3.63, 3.8) is 0 Å². The molecule has 0 radical (unpaired) electrons. The number of hydrogen-bond acceptors (Lipinski definition) is 4. The Morgan fingerprint density at radius 2 is 2.27 bits per heavy atom. The average Bonchev–Trinajstić information content (AvgIpc) is 2.70. The smallest absolute Gasteiger partial charge is 0.152 e. The molecule has 0 aromatic rings. The number of ether oxygens (including phenoxy) is 1. The highest BCUT2D eigenvalue weighted by Gasteiger charge is 2.29. The Bertz CT molecular complexity index is 222. The van der Waals surface area contributed by atoms with Gasteiger partial charge in [0.2, 0.25) is 0 Å². The summed E-state index contributed by atoms with van der Waals surface area (Å²) in [4.78, 5) is 13.7. The number of rotatable bonds is 5. The second-order valence-corrected chi connectivity index (χ2v) is 4.85. The second kappa shape index (κ2) is 5.05. The van der Waals surface area contributed by atoms with E-state index >= 15 is 0 Å². The largest absolute Gasteiger partial charge is 0.394 e. The zero-order valence-corrected chi connectivity index (χ0v) is 9.82. The van der Waals surface area contributed by atoms with Crippen LogP contribution in [0.25, 0.3) is 0 Å². The van der Waals surface area contributed by atoms with Crippen molar-refractivity contribution in [2.45, 2.75) is 25.8 Å². The van der Waals surface area contributed by atoms with Crippen molar-refractivity contribution in [2.75, 3.05) is 33.4 Å². The Kier molecular flexibility index (Phi) is 4.25. The first kappa shape index (κ1) is 12.6. The van der Waals surface area contributed by atoms with Gasteiger partial charge in [0.1, 0.15) is 0 Å². The number of carbonyl (C=O) groups excluding carboxylic acids is 1. The molecule has 1 aliphatic heterocycles. The SMILES string of the molecule is CN(CC(=O)C1CCOC1)C(C)(C)CO. The quantitative estimate of drug-likeness (QED) is 0.716. The molecule has 1 atom stereocenters. The molecule has 4 nitrogen and oxygen atoms in total. The zero-order chi connectivity index (χ0) is 11.5. The van der Waals surface area contributed by atoms with E-state index in [-0.39, 0.29) is 23.8 Å². The minimum Gasteiger partial charge on any atom is -0.394 e. The highest BCUT2D eigenvalue weighted by atomic mass is 16.5. The van der Waals surface area contributed by atoms with Crippen molar-refractivity contribution in [3.8, 4) is 0 Å². The molecule has 0 aromatic carbocycles. The van der Waals surface area contributed by atoms with Crippen LogP contribution in [-0.4, -0.2) is 54.7 Å². The molecule has 1 saturated heterocycles. The minimum atomic E-state index is -0.338. The van der Waals surface area contributed by atoms with Crippen LogP contribution in [0.5, 0.6) is 0 Å². The Morgan fingerprint density at radius 1 is 1.60 bits per heavy atom. The molecule has 88 valence electrons. The lowest BCUT2D eigenvalue weighted by Crippen LogP contribution is -2.47. The monoisotopic (exact) mass is 215 g/mol. The van der Waals surface area contributed by atoms with Gasteiger partial charge < -0.3 is 9.84 Å². The van der Waals surface area contributed by atoms with Gasteiger partial charge in [0.05, 0.1) is 19.8 Å². The predicted octanol–water partition coefficient (Wildman–Crippen LogP) is 0.295. The van der Waals surface area contributed by atoms with Crippen LogP contribution in [0.2, 0.25) is 0 Å². The topological polar surface area (TPSA) is 49.8 Å². The summed E-state index contributed by atoms with van der Waals surface area (Å²) in [6.07, 6.45) is 0.840. The summed E-state index contributed by atoms with van der Waals surface area (Å²) >= 11 is 0. The lowest BCUT2D eigenvalue weighted by Gasteiger charge is -2.33. The van der Waals surface area contributed by atoms with Gasteiger partial charge in [0, 0.05) is 18.1 Å². The number of aliphatic hydroxyl groups is 1. The Labute approximate surface area is 91.2 Å². The number of likely N-dealkylation sites (N-methyl/N-ethyl adjacent to an activating group) is 1. The highest BCUT2D eigenvalue weighted by Crippen LogP contribution is 2.16. The molecule has 0 aromatic heterocycles. The fraction of sp³-hybridized carbons (Fsp3) is 0.909. The van der Waals surface area contributed by atoms with Gasteiger partial charge in [-0.1, -0.05) is 0 Å². The van der Waals surface area contributed by atoms with E-state index in [4.69, 9.17) is 9.84 Å². The maximum Gasteiger partial charge on any atom is 0.152 e. The van der Waals surface area contributed by atoms with E-state index < -0.39 is 0 Å². The van der Waals surface area contributed by atoms with Gasteiger partial charge in [-0.2, -0.15) is 0 Å². The molecule has 0 spiro atoms. The maximum absolute atomic E-state index is 11.8. The van der Waals surface area contributed by atoms with Crippen molar-refractivity contribution in [1.82, 2.24) is 4.90 Å². The molecule has 0 bridgehead atoms. The van der Waals surface area contributed by atoms with E-state index in [1.54, 1.807) is 0 Å². The van der Waals surface area contributed by atoms with Crippen LogP contribution in [-0.2, 0) is 9.53 Å². The van der Waals surface area contributed by atoms with Crippen LogP contribution >= 0.6 is 0 Å². The summed E-state index contributed by atoms with van der Waals surface area (Å²) < 4.78 is 5.18. The van der Waals surface area contributed by atoms with E-state index in [0.29, 0.717) is 19.8 Å². The van der Waals surface area contributed by atoms with Gasteiger partial charge in [-0.15, -0.1) is 0 Å². The molecule has 1 fully saturated rings. The van der Waals surface area contributed by atoms with Crippen molar-refractivity contribution in [1.29, 1.82) is 0 Å². The Hall–Kier alpha value is -0.450. The molecule has 1 unspecified atom stereocenters. The van der Waals surface area contributed by atoms with Crippen molar-refractivity contribution in [2.24, 2.45) is 5.92 Å². The first-order valence-corrected chi connectivity index (χ1v) is 5.40. The molecule has 1 heterocycles. The zero-order valence-electron chi connectivity index (χ0n) is 9.82. The minimum absolute atomic E-state index is 0.0535. The first-order valence-electron chi connectivity index (χ1n) is 5.40. The molecule has 15 heavy (non-hydrogen) atoms. The fourth-order valence-electron chi connectivity index (χ4n) is 1.49. The van der Waals surface area contributed by atoms with Gasteiger partial charge in [-0.3, -0.25) is 9.69 Å². The standard InChI is InChI=1S/C11H21NO3/c1-11(2,8-13)12(3)6-10(14)9-4-5-15-7-9/h9,13H,4-8H2,1-3H3. The number of hydrogen-bond donors (Lipinski definition) is 1. The van der Waals surface area contributed by atoms with E-state index in [0.717, 1.165) is 6.42 Å². The van der Waals surface area contributed by atoms with E-state index in [2.05, 4.69) is 0 Å².